The first kappa shape index (κ1) is 24.2. The Morgan fingerprint density at radius 1 is 0.800 bits per heavy atom. The van der Waals surface area contributed by atoms with Crippen molar-refractivity contribution in [2.75, 3.05) is 19.7 Å². The molecule has 0 aliphatic rings. The summed E-state index contributed by atoms with van der Waals surface area (Å²) >= 11 is 0. The van der Waals surface area contributed by atoms with Crippen LogP contribution in [0.2, 0.25) is 0 Å². The summed E-state index contributed by atoms with van der Waals surface area (Å²) in [6.07, 6.45) is 13.1. The number of aliphatic hydroxyl groups is 1. The van der Waals surface area contributed by atoms with Crippen LogP contribution in [-0.2, 0) is 0 Å². The van der Waals surface area contributed by atoms with E-state index < -0.39 is 0 Å². The van der Waals surface area contributed by atoms with Crippen molar-refractivity contribution in [1.29, 1.82) is 0 Å². The van der Waals surface area contributed by atoms with E-state index >= 15 is 0 Å². The maximum Gasteiger partial charge on any atom is 0.257 e. The molecule has 0 aliphatic heterocycles. The van der Waals surface area contributed by atoms with Crippen LogP contribution in [0.1, 0.15) is 87.9 Å². The largest absolute Gasteiger partial charge is 0.507 e. The molecule has 0 atom stereocenters. The highest BCUT2D eigenvalue weighted by molar-refractivity contribution is 6.01. The molecule has 0 saturated carbocycles. The van der Waals surface area contributed by atoms with Gasteiger partial charge in [0.2, 0.25) is 0 Å². The summed E-state index contributed by atoms with van der Waals surface area (Å²) in [7, 11) is 0. The average molecular weight is 414 g/mol. The lowest BCUT2D eigenvalue weighted by atomic mass is 10.0. The first-order chi connectivity index (χ1) is 14.7. The second-order valence-corrected chi connectivity index (χ2v) is 8.27. The number of carbonyl (C=O) groups excluding carboxylic acids is 1. The van der Waals surface area contributed by atoms with Crippen molar-refractivity contribution in [1.82, 2.24) is 4.90 Å². The topological polar surface area (TPSA) is 60.8 Å². The van der Waals surface area contributed by atoms with Crippen LogP contribution >= 0.6 is 0 Å². The minimum absolute atomic E-state index is 0.0239. The predicted molar refractivity (Wildman–Crippen MR) is 125 cm³/mol. The van der Waals surface area contributed by atoms with Crippen LogP contribution in [-0.4, -0.2) is 40.7 Å². The molecule has 2 N–H and O–H groups in total. The number of hydrogen-bond acceptors (Lipinski definition) is 3. The summed E-state index contributed by atoms with van der Waals surface area (Å²) in [4.78, 5) is 14.9. The maximum atomic E-state index is 13.1. The van der Waals surface area contributed by atoms with Gasteiger partial charge in [0.05, 0.1) is 5.56 Å². The van der Waals surface area contributed by atoms with Gasteiger partial charge in [-0.3, -0.25) is 4.79 Å². The van der Waals surface area contributed by atoms with Crippen LogP contribution in [0.4, 0.5) is 0 Å². The monoisotopic (exact) mass is 413 g/mol. The molecule has 0 unspecified atom stereocenters. The fourth-order valence-electron chi connectivity index (χ4n) is 3.94. The third-order valence-corrected chi connectivity index (χ3v) is 5.75. The van der Waals surface area contributed by atoms with Gasteiger partial charge in [0, 0.05) is 19.7 Å². The van der Waals surface area contributed by atoms with Crippen molar-refractivity contribution in [2.45, 2.75) is 77.6 Å². The zero-order valence-electron chi connectivity index (χ0n) is 18.6. The Balaban J connectivity index is 1.83. The molecule has 2 aromatic carbocycles. The van der Waals surface area contributed by atoms with E-state index in [9.17, 15) is 15.0 Å². The lowest BCUT2D eigenvalue weighted by Gasteiger charge is -2.23. The van der Waals surface area contributed by atoms with Gasteiger partial charge in [0.1, 0.15) is 5.75 Å². The van der Waals surface area contributed by atoms with Gasteiger partial charge >= 0.3 is 0 Å². The molecule has 30 heavy (non-hydrogen) atoms. The maximum absolute atomic E-state index is 13.1. The predicted octanol–water partition coefficient (Wildman–Crippen LogP) is 6.29. The van der Waals surface area contributed by atoms with Crippen molar-refractivity contribution in [3.63, 3.8) is 0 Å². The highest BCUT2D eigenvalue weighted by Gasteiger charge is 2.19. The molecule has 0 radical (unpaired) electrons. The SMILES string of the molecule is CCCCCCCCCCCCN(CCCO)C(=O)c1cc2ccccc2cc1O. The van der Waals surface area contributed by atoms with E-state index in [0.717, 1.165) is 23.6 Å². The van der Waals surface area contributed by atoms with E-state index in [-0.39, 0.29) is 18.3 Å². The Bertz CT molecular complexity index is 759. The molecule has 0 saturated heterocycles. The Hall–Kier alpha value is -2.07. The van der Waals surface area contributed by atoms with Gasteiger partial charge in [0.15, 0.2) is 0 Å². The van der Waals surface area contributed by atoms with Gasteiger partial charge in [-0.15, -0.1) is 0 Å². The number of carbonyl (C=O) groups is 1. The minimum atomic E-state index is -0.150. The van der Waals surface area contributed by atoms with Gasteiger partial charge in [-0.25, -0.2) is 0 Å². The fraction of sp³-hybridized carbons (Fsp3) is 0.577. The number of unbranched alkanes of at least 4 members (excludes halogenated alkanes) is 9. The number of amides is 1. The molecule has 0 fully saturated rings. The van der Waals surface area contributed by atoms with E-state index in [1.54, 1.807) is 17.0 Å². The second kappa shape index (κ2) is 14.0. The first-order valence-corrected chi connectivity index (χ1v) is 11.8. The van der Waals surface area contributed by atoms with Crippen molar-refractivity contribution >= 4 is 16.7 Å². The highest BCUT2D eigenvalue weighted by Crippen LogP contribution is 2.26. The smallest absolute Gasteiger partial charge is 0.257 e. The number of fused-ring (bicyclic) bond motifs is 1. The fourth-order valence-corrected chi connectivity index (χ4v) is 3.94. The molecule has 2 rings (SSSR count). The van der Waals surface area contributed by atoms with Crippen LogP contribution < -0.4 is 0 Å². The summed E-state index contributed by atoms with van der Waals surface area (Å²) in [5.74, 6) is -0.126. The Morgan fingerprint density at radius 2 is 1.33 bits per heavy atom. The summed E-state index contributed by atoms with van der Waals surface area (Å²) < 4.78 is 0. The van der Waals surface area contributed by atoms with E-state index in [1.165, 1.54) is 51.4 Å². The molecule has 4 nitrogen and oxygen atoms in total. The molecule has 0 bridgehead atoms. The summed E-state index contributed by atoms with van der Waals surface area (Å²) in [5, 5.41) is 21.5. The van der Waals surface area contributed by atoms with Crippen molar-refractivity contribution in [2.24, 2.45) is 0 Å². The minimum Gasteiger partial charge on any atom is -0.507 e. The van der Waals surface area contributed by atoms with Crippen LogP contribution in [0.15, 0.2) is 36.4 Å². The average Bonchev–Trinajstić information content (AvgIpc) is 2.76. The Morgan fingerprint density at radius 3 is 1.93 bits per heavy atom. The zero-order valence-corrected chi connectivity index (χ0v) is 18.6. The van der Waals surface area contributed by atoms with Crippen molar-refractivity contribution < 1.29 is 15.0 Å². The Labute approximate surface area is 181 Å². The molecule has 0 heterocycles. The summed E-state index contributed by atoms with van der Waals surface area (Å²) in [6.45, 7) is 3.49. The molecule has 4 heteroatoms. The van der Waals surface area contributed by atoms with Crippen LogP contribution in [0.5, 0.6) is 5.75 Å². The Kier molecular flexibility index (Phi) is 11.3. The van der Waals surface area contributed by atoms with E-state index in [4.69, 9.17) is 0 Å². The van der Waals surface area contributed by atoms with Crippen LogP contribution in [0, 0.1) is 0 Å². The van der Waals surface area contributed by atoms with E-state index in [2.05, 4.69) is 6.92 Å². The first-order valence-electron chi connectivity index (χ1n) is 11.8. The number of phenols is 1. The molecular weight excluding hydrogens is 374 g/mol. The van der Waals surface area contributed by atoms with Gasteiger partial charge in [-0.2, -0.15) is 0 Å². The van der Waals surface area contributed by atoms with Gasteiger partial charge < -0.3 is 15.1 Å². The molecule has 1 amide bonds. The zero-order chi connectivity index (χ0) is 21.6. The second-order valence-electron chi connectivity index (χ2n) is 8.27. The third-order valence-electron chi connectivity index (χ3n) is 5.75. The molecule has 2 aromatic rings. The number of aromatic hydroxyl groups is 1. The number of nitrogens with zero attached hydrogens (tertiary/aromatic N) is 1. The quantitative estimate of drug-likeness (QED) is 0.337. The molecule has 166 valence electrons. The number of hydrogen-bond donors (Lipinski definition) is 2. The number of rotatable bonds is 15. The van der Waals surface area contributed by atoms with E-state index in [1.807, 2.05) is 24.3 Å². The van der Waals surface area contributed by atoms with Crippen molar-refractivity contribution in [3.05, 3.63) is 42.0 Å². The summed E-state index contributed by atoms with van der Waals surface area (Å²) in [5.41, 5.74) is 0.346. The normalized spacial score (nSPS) is 11.1. The number of aliphatic hydroxyl groups excluding tert-OH is 1. The number of benzene rings is 2. The summed E-state index contributed by atoms with van der Waals surface area (Å²) in [6, 6.07) is 11.2. The van der Waals surface area contributed by atoms with Gasteiger partial charge in [0.25, 0.3) is 5.91 Å². The molecular formula is C26H39NO3. The lowest BCUT2D eigenvalue weighted by molar-refractivity contribution is 0.0739. The van der Waals surface area contributed by atoms with Gasteiger partial charge in [-0.05, 0) is 35.7 Å². The standard InChI is InChI=1S/C26H39NO3/c1-2-3-4-5-6-7-8-9-10-13-17-27(18-14-19-28)26(30)24-20-22-15-11-12-16-23(22)21-25(24)29/h11-12,15-16,20-21,28-29H,2-10,13-14,17-19H2,1H3. The third kappa shape index (κ3) is 7.98. The van der Waals surface area contributed by atoms with E-state index in [0.29, 0.717) is 25.1 Å². The highest BCUT2D eigenvalue weighted by atomic mass is 16.3. The number of phenolic OH excluding ortho intramolecular Hbond substituents is 1. The lowest BCUT2D eigenvalue weighted by Crippen LogP contribution is -2.33. The molecule has 0 aromatic heterocycles. The molecule has 0 spiro atoms. The van der Waals surface area contributed by atoms with Gasteiger partial charge in [-0.1, -0.05) is 89.0 Å². The van der Waals surface area contributed by atoms with Crippen LogP contribution in [0.25, 0.3) is 10.8 Å². The van der Waals surface area contributed by atoms with Crippen molar-refractivity contribution in [3.8, 4) is 5.75 Å². The van der Waals surface area contributed by atoms with Crippen LogP contribution in [0.3, 0.4) is 0 Å². The molecule has 0 aliphatic carbocycles.